The Kier molecular flexibility index (Phi) is 6.19. The first-order valence-corrected chi connectivity index (χ1v) is 9.98. The molecule has 144 valence electrons. The summed E-state index contributed by atoms with van der Waals surface area (Å²) in [6, 6.07) is 3.56. The van der Waals surface area contributed by atoms with Crippen molar-refractivity contribution in [3.63, 3.8) is 0 Å². The zero-order valence-electron chi connectivity index (χ0n) is 14.8. The lowest BCUT2D eigenvalue weighted by molar-refractivity contribution is -0.384. The van der Waals surface area contributed by atoms with Crippen molar-refractivity contribution in [2.75, 3.05) is 25.0 Å². The first kappa shape index (κ1) is 20.1. The highest BCUT2D eigenvalue weighted by Gasteiger charge is 2.25. The molecule has 1 amide bonds. The van der Waals surface area contributed by atoms with Crippen molar-refractivity contribution in [1.82, 2.24) is 4.90 Å². The van der Waals surface area contributed by atoms with E-state index in [-0.39, 0.29) is 34.0 Å². The molecular weight excluding hydrogens is 360 g/mol. The molecule has 0 spiro atoms. The van der Waals surface area contributed by atoms with Gasteiger partial charge in [-0.1, -0.05) is 13.8 Å². The smallest absolute Gasteiger partial charge is 0.293 e. The van der Waals surface area contributed by atoms with Gasteiger partial charge in [-0.25, -0.2) is 13.6 Å². The summed E-state index contributed by atoms with van der Waals surface area (Å²) in [5.74, 6) is 0.402. The topological polar surface area (TPSA) is 136 Å². The van der Waals surface area contributed by atoms with E-state index in [4.69, 9.17) is 5.14 Å². The van der Waals surface area contributed by atoms with Crippen LogP contribution in [0.4, 0.5) is 11.4 Å². The summed E-state index contributed by atoms with van der Waals surface area (Å²) in [4.78, 5) is 24.1. The number of hydrogen-bond donors (Lipinski definition) is 2. The van der Waals surface area contributed by atoms with Gasteiger partial charge in [0.15, 0.2) is 0 Å². The van der Waals surface area contributed by atoms with Gasteiger partial charge in [0.25, 0.3) is 5.69 Å². The summed E-state index contributed by atoms with van der Waals surface area (Å²) < 4.78 is 22.7. The van der Waals surface area contributed by atoms with E-state index in [1.54, 1.807) is 0 Å². The average molecular weight is 384 g/mol. The number of nitrogens with zero attached hydrogens (tertiary/aromatic N) is 2. The second-order valence-corrected chi connectivity index (χ2v) is 8.35. The first-order chi connectivity index (χ1) is 12.1. The standard InChI is InChI=1S/C16H24N4O5S/c1-11(2)16(21)19-7-5-12(6-8-19)10-18-14-4-3-13(26(17,24)25)9-15(14)20(22)23/h3-4,9,11-12,18H,5-8,10H2,1-2H3,(H2,17,24,25). The molecule has 0 bridgehead atoms. The van der Waals surface area contributed by atoms with E-state index in [9.17, 15) is 23.3 Å². The van der Waals surface area contributed by atoms with E-state index in [1.165, 1.54) is 12.1 Å². The number of carbonyl (C=O) groups excluding carboxylic acids is 1. The van der Waals surface area contributed by atoms with Crippen LogP contribution in [-0.2, 0) is 14.8 Å². The summed E-state index contributed by atoms with van der Waals surface area (Å²) in [7, 11) is -4.00. The molecule has 0 aromatic heterocycles. The number of carbonyl (C=O) groups is 1. The number of benzene rings is 1. The Balaban J connectivity index is 2.00. The maximum absolute atomic E-state index is 12.0. The normalized spacial score (nSPS) is 15.9. The van der Waals surface area contributed by atoms with E-state index in [1.807, 2.05) is 18.7 Å². The van der Waals surface area contributed by atoms with E-state index in [2.05, 4.69) is 5.32 Å². The van der Waals surface area contributed by atoms with Crippen molar-refractivity contribution < 1.29 is 18.1 Å². The fraction of sp³-hybridized carbons (Fsp3) is 0.562. The molecule has 2 rings (SSSR count). The molecule has 3 N–H and O–H groups in total. The van der Waals surface area contributed by atoms with Crippen LogP contribution in [0.3, 0.4) is 0 Å². The number of hydrogen-bond acceptors (Lipinski definition) is 6. The van der Waals surface area contributed by atoms with Crippen LogP contribution in [0.5, 0.6) is 0 Å². The van der Waals surface area contributed by atoms with E-state index >= 15 is 0 Å². The average Bonchev–Trinajstić information content (AvgIpc) is 2.58. The van der Waals surface area contributed by atoms with Crippen molar-refractivity contribution in [2.24, 2.45) is 17.0 Å². The van der Waals surface area contributed by atoms with Crippen LogP contribution < -0.4 is 10.5 Å². The lowest BCUT2D eigenvalue weighted by Gasteiger charge is -2.33. The molecule has 0 saturated carbocycles. The lowest BCUT2D eigenvalue weighted by atomic mass is 9.96. The monoisotopic (exact) mass is 384 g/mol. The lowest BCUT2D eigenvalue weighted by Crippen LogP contribution is -2.41. The summed E-state index contributed by atoms with van der Waals surface area (Å²) >= 11 is 0. The largest absolute Gasteiger partial charge is 0.379 e. The SMILES string of the molecule is CC(C)C(=O)N1CCC(CNc2ccc(S(N)(=O)=O)cc2[N+](=O)[O-])CC1. The third-order valence-electron chi connectivity index (χ3n) is 4.50. The molecule has 0 aliphatic carbocycles. The molecule has 1 heterocycles. The number of amides is 1. The number of nitrogens with one attached hydrogen (secondary N) is 1. The third kappa shape index (κ3) is 4.92. The molecule has 0 unspecified atom stereocenters. The zero-order valence-corrected chi connectivity index (χ0v) is 15.7. The van der Waals surface area contributed by atoms with Crippen molar-refractivity contribution >= 4 is 27.3 Å². The maximum atomic E-state index is 12.0. The predicted molar refractivity (Wildman–Crippen MR) is 97.1 cm³/mol. The molecule has 1 fully saturated rings. The van der Waals surface area contributed by atoms with Gasteiger partial charge in [-0.2, -0.15) is 0 Å². The highest BCUT2D eigenvalue weighted by atomic mass is 32.2. The first-order valence-electron chi connectivity index (χ1n) is 8.43. The Morgan fingerprint density at radius 1 is 1.38 bits per heavy atom. The number of nitro groups is 1. The Morgan fingerprint density at radius 3 is 2.50 bits per heavy atom. The molecule has 1 aliphatic rings. The molecule has 26 heavy (non-hydrogen) atoms. The molecule has 0 atom stereocenters. The molecule has 9 nitrogen and oxygen atoms in total. The van der Waals surface area contributed by atoms with Gasteiger partial charge >= 0.3 is 0 Å². The van der Waals surface area contributed by atoms with Crippen LogP contribution in [0.2, 0.25) is 0 Å². The van der Waals surface area contributed by atoms with Crippen LogP contribution in [0, 0.1) is 22.0 Å². The molecule has 1 aliphatic heterocycles. The fourth-order valence-electron chi connectivity index (χ4n) is 2.97. The number of primary sulfonamides is 1. The zero-order chi connectivity index (χ0) is 19.5. The Bertz CT molecular complexity index is 786. The summed E-state index contributed by atoms with van der Waals surface area (Å²) in [6.45, 7) is 5.62. The van der Waals surface area contributed by atoms with Crippen LogP contribution in [-0.4, -0.2) is 43.8 Å². The number of likely N-dealkylation sites (tertiary alicyclic amines) is 1. The number of anilines is 1. The van der Waals surface area contributed by atoms with Crippen molar-refractivity contribution in [2.45, 2.75) is 31.6 Å². The van der Waals surface area contributed by atoms with Crippen LogP contribution in [0.15, 0.2) is 23.1 Å². The minimum atomic E-state index is -4.00. The van der Waals surface area contributed by atoms with Gasteiger partial charge in [0, 0.05) is 31.6 Å². The summed E-state index contributed by atoms with van der Waals surface area (Å²) in [6.07, 6.45) is 1.63. The Hall–Kier alpha value is -2.20. The Morgan fingerprint density at radius 2 is 2.00 bits per heavy atom. The summed E-state index contributed by atoms with van der Waals surface area (Å²) in [5.41, 5.74) is -0.0768. The molecular formula is C16H24N4O5S. The van der Waals surface area contributed by atoms with Crippen molar-refractivity contribution in [1.29, 1.82) is 0 Å². The Labute approximate surface area is 152 Å². The third-order valence-corrected chi connectivity index (χ3v) is 5.41. The van der Waals surface area contributed by atoms with Gasteiger partial charge in [0.2, 0.25) is 15.9 Å². The van der Waals surface area contributed by atoms with Gasteiger partial charge in [-0.05, 0) is 30.9 Å². The van der Waals surface area contributed by atoms with Gasteiger partial charge in [-0.15, -0.1) is 0 Å². The number of rotatable bonds is 6. The fourth-order valence-corrected chi connectivity index (χ4v) is 3.50. The van der Waals surface area contributed by atoms with Gasteiger partial charge < -0.3 is 10.2 Å². The predicted octanol–water partition coefficient (Wildman–Crippen LogP) is 1.55. The molecule has 0 radical (unpaired) electrons. The van der Waals surface area contributed by atoms with E-state index in [0.29, 0.717) is 19.6 Å². The number of sulfonamides is 1. The number of nitro benzene ring substituents is 1. The van der Waals surface area contributed by atoms with Crippen molar-refractivity contribution in [3.05, 3.63) is 28.3 Å². The second-order valence-electron chi connectivity index (χ2n) is 6.79. The minimum absolute atomic E-state index is 0.0235. The molecule has 1 aromatic rings. The van der Waals surface area contributed by atoms with E-state index < -0.39 is 14.9 Å². The molecule has 10 heteroatoms. The van der Waals surface area contributed by atoms with Crippen LogP contribution in [0.1, 0.15) is 26.7 Å². The second kappa shape index (κ2) is 8.00. The maximum Gasteiger partial charge on any atom is 0.293 e. The van der Waals surface area contributed by atoms with Crippen LogP contribution in [0.25, 0.3) is 0 Å². The highest BCUT2D eigenvalue weighted by Crippen LogP contribution is 2.28. The van der Waals surface area contributed by atoms with Gasteiger partial charge in [-0.3, -0.25) is 14.9 Å². The molecule has 1 saturated heterocycles. The minimum Gasteiger partial charge on any atom is -0.379 e. The number of piperidine rings is 1. The van der Waals surface area contributed by atoms with E-state index in [0.717, 1.165) is 18.9 Å². The quantitative estimate of drug-likeness (QED) is 0.564. The van der Waals surface area contributed by atoms with Crippen molar-refractivity contribution in [3.8, 4) is 0 Å². The summed E-state index contributed by atoms with van der Waals surface area (Å²) in [5, 5.41) is 19.3. The van der Waals surface area contributed by atoms with Crippen LogP contribution >= 0.6 is 0 Å². The van der Waals surface area contributed by atoms with Gasteiger partial charge in [0.05, 0.1) is 9.82 Å². The van der Waals surface area contributed by atoms with Gasteiger partial charge in [0.1, 0.15) is 5.69 Å². The molecule has 1 aromatic carbocycles. The number of nitrogens with two attached hydrogens (primary N) is 1. The highest BCUT2D eigenvalue weighted by molar-refractivity contribution is 7.89.